The van der Waals surface area contributed by atoms with E-state index in [1.54, 1.807) is 32.9 Å². The first kappa shape index (κ1) is 15.2. The second-order valence-electron chi connectivity index (χ2n) is 5.00. The molecular formula is C14H19FN2O2. The average Bonchev–Trinajstić information content (AvgIpc) is 2.27. The number of rotatable bonds is 3. The Kier molecular flexibility index (Phi) is 5.06. The lowest BCUT2D eigenvalue weighted by Gasteiger charge is -2.19. The standard InChI is InChI=1S/C14H19FN2O2/c1-14(2,3)19-13(18)17-11-6-7-12(15)10(9-11)5-4-8-16/h4-7,9H,8,16H2,1-3H3,(H,17,18)/b5-4+. The lowest BCUT2D eigenvalue weighted by molar-refractivity contribution is 0.0636. The van der Waals surface area contributed by atoms with Crippen molar-refractivity contribution in [2.75, 3.05) is 11.9 Å². The van der Waals surface area contributed by atoms with Crippen LogP contribution < -0.4 is 11.1 Å². The van der Waals surface area contributed by atoms with Gasteiger partial charge in [-0.05, 0) is 39.0 Å². The first-order chi connectivity index (χ1) is 8.81. The highest BCUT2D eigenvalue weighted by molar-refractivity contribution is 5.85. The van der Waals surface area contributed by atoms with E-state index in [0.717, 1.165) is 0 Å². The minimum absolute atomic E-state index is 0.323. The van der Waals surface area contributed by atoms with Crippen molar-refractivity contribution in [3.05, 3.63) is 35.7 Å². The van der Waals surface area contributed by atoms with E-state index in [1.165, 1.54) is 18.2 Å². The second kappa shape index (κ2) is 6.33. The third-order valence-electron chi connectivity index (χ3n) is 2.07. The fraction of sp³-hybridized carbons (Fsp3) is 0.357. The number of nitrogens with one attached hydrogen (secondary N) is 1. The maximum absolute atomic E-state index is 13.5. The normalized spacial score (nSPS) is 11.6. The van der Waals surface area contributed by atoms with E-state index in [-0.39, 0.29) is 5.82 Å². The monoisotopic (exact) mass is 266 g/mol. The molecule has 0 heterocycles. The highest BCUT2D eigenvalue weighted by Crippen LogP contribution is 2.17. The highest BCUT2D eigenvalue weighted by atomic mass is 19.1. The van der Waals surface area contributed by atoms with E-state index in [0.29, 0.717) is 17.8 Å². The molecule has 1 rings (SSSR count). The van der Waals surface area contributed by atoms with Crippen LogP contribution in [0.1, 0.15) is 26.3 Å². The number of nitrogens with two attached hydrogens (primary N) is 1. The molecule has 5 heteroatoms. The number of carbonyl (C=O) groups excluding carboxylic acids is 1. The van der Waals surface area contributed by atoms with Crippen LogP contribution in [0, 0.1) is 5.82 Å². The number of halogens is 1. The summed E-state index contributed by atoms with van der Waals surface area (Å²) in [6.45, 7) is 5.63. The van der Waals surface area contributed by atoms with Crippen molar-refractivity contribution in [2.45, 2.75) is 26.4 Å². The molecule has 0 unspecified atom stereocenters. The third kappa shape index (κ3) is 5.52. The zero-order valence-electron chi connectivity index (χ0n) is 11.4. The van der Waals surface area contributed by atoms with Gasteiger partial charge in [-0.15, -0.1) is 0 Å². The lowest BCUT2D eigenvalue weighted by Crippen LogP contribution is -2.27. The summed E-state index contributed by atoms with van der Waals surface area (Å²) in [6.07, 6.45) is 2.62. The van der Waals surface area contributed by atoms with Crippen LogP contribution in [0.4, 0.5) is 14.9 Å². The van der Waals surface area contributed by atoms with Crippen molar-refractivity contribution in [1.82, 2.24) is 0 Å². The van der Waals surface area contributed by atoms with Gasteiger partial charge in [0, 0.05) is 17.8 Å². The smallest absolute Gasteiger partial charge is 0.412 e. The van der Waals surface area contributed by atoms with Crippen LogP contribution in [0.3, 0.4) is 0 Å². The summed E-state index contributed by atoms with van der Waals surface area (Å²) in [5, 5.41) is 2.55. The predicted octanol–water partition coefficient (Wildman–Crippen LogP) is 3.14. The number of amides is 1. The minimum Gasteiger partial charge on any atom is -0.444 e. The summed E-state index contributed by atoms with van der Waals surface area (Å²) in [7, 11) is 0. The van der Waals surface area contributed by atoms with E-state index in [2.05, 4.69) is 5.32 Å². The molecule has 0 aliphatic rings. The molecule has 19 heavy (non-hydrogen) atoms. The molecule has 0 aromatic heterocycles. The molecule has 0 radical (unpaired) electrons. The summed E-state index contributed by atoms with van der Waals surface area (Å²) in [4.78, 5) is 11.6. The van der Waals surface area contributed by atoms with Gasteiger partial charge in [-0.2, -0.15) is 0 Å². The molecule has 1 aromatic carbocycles. The van der Waals surface area contributed by atoms with Gasteiger partial charge in [0.2, 0.25) is 0 Å². The number of ether oxygens (including phenoxy) is 1. The molecule has 1 amide bonds. The van der Waals surface area contributed by atoms with Crippen molar-refractivity contribution >= 4 is 17.9 Å². The maximum Gasteiger partial charge on any atom is 0.412 e. The van der Waals surface area contributed by atoms with Crippen LogP contribution in [0.25, 0.3) is 6.08 Å². The molecule has 1 aromatic rings. The first-order valence-corrected chi connectivity index (χ1v) is 5.98. The Hall–Kier alpha value is -1.88. The Labute approximate surface area is 112 Å². The highest BCUT2D eigenvalue weighted by Gasteiger charge is 2.16. The van der Waals surface area contributed by atoms with Crippen molar-refractivity contribution in [1.29, 1.82) is 0 Å². The van der Waals surface area contributed by atoms with Crippen LogP contribution in [0.2, 0.25) is 0 Å². The van der Waals surface area contributed by atoms with Gasteiger partial charge in [-0.25, -0.2) is 9.18 Å². The quantitative estimate of drug-likeness (QED) is 0.883. The van der Waals surface area contributed by atoms with Gasteiger partial charge in [0.15, 0.2) is 0 Å². The van der Waals surface area contributed by atoms with Gasteiger partial charge in [-0.3, -0.25) is 5.32 Å². The molecule has 0 atom stereocenters. The molecule has 0 saturated heterocycles. The minimum atomic E-state index is -0.577. The van der Waals surface area contributed by atoms with Crippen LogP contribution in [-0.2, 0) is 4.74 Å². The van der Waals surface area contributed by atoms with Gasteiger partial charge in [0.1, 0.15) is 11.4 Å². The molecule has 0 fully saturated rings. The molecule has 3 N–H and O–H groups in total. The van der Waals surface area contributed by atoms with Gasteiger partial charge in [0.05, 0.1) is 0 Å². The van der Waals surface area contributed by atoms with Crippen LogP contribution in [0.5, 0.6) is 0 Å². The molecule has 0 aliphatic heterocycles. The first-order valence-electron chi connectivity index (χ1n) is 5.98. The van der Waals surface area contributed by atoms with E-state index < -0.39 is 11.7 Å². The van der Waals surface area contributed by atoms with E-state index in [4.69, 9.17) is 10.5 Å². The van der Waals surface area contributed by atoms with Gasteiger partial charge < -0.3 is 10.5 Å². The van der Waals surface area contributed by atoms with Crippen molar-refractivity contribution in [3.63, 3.8) is 0 Å². The summed E-state index contributed by atoms with van der Waals surface area (Å²) >= 11 is 0. The lowest BCUT2D eigenvalue weighted by atomic mass is 10.1. The van der Waals surface area contributed by atoms with E-state index in [9.17, 15) is 9.18 Å². The average molecular weight is 266 g/mol. The molecular weight excluding hydrogens is 247 g/mol. The summed E-state index contributed by atoms with van der Waals surface area (Å²) in [6, 6.07) is 4.27. The Bertz CT molecular complexity index is 479. The van der Waals surface area contributed by atoms with Crippen molar-refractivity contribution < 1.29 is 13.9 Å². The Morgan fingerprint density at radius 2 is 2.16 bits per heavy atom. The SMILES string of the molecule is CC(C)(C)OC(=O)Nc1ccc(F)c(/C=C/CN)c1. The van der Waals surface area contributed by atoms with Crippen LogP contribution in [-0.4, -0.2) is 18.2 Å². The molecule has 0 saturated carbocycles. The zero-order valence-corrected chi connectivity index (χ0v) is 11.4. The fourth-order valence-corrected chi connectivity index (χ4v) is 1.37. The molecule has 4 nitrogen and oxygen atoms in total. The Balaban J connectivity index is 2.80. The molecule has 104 valence electrons. The van der Waals surface area contributed by atoms with Crippen LogP contribution in [0.15, 0.2) is 24.3 Å². The number of carbonyl (C=O) groups is 1. The maximum atomic E-state index is 13.5. The van der Waals surface area contributed by atoms with Gasteiger partial charge in [-0.1, -0.05) is 12.2 Å². The van der Waals surface area contributed by atoms with E-state index in [1.807, 2.05) is 0 Å². The second-order valence-corrected chi connectivity index (χ2v) is 5.00. The summed E-state index contributed by atoms with van der Waals surface area (Å²) in [5.74, 6) is -0.376. The fourth-order valence-electron chi connectivity index (χ4n) is 1.37. The van der Waals surface area contributed by atoms with E-state index >= 15 is 0 Å². The third-order valence-corrected chi connectivity index (χ3v) is 2.07. The predicted molar refractivity (Wildman–Crippen MR) is 74.3 cm³/mol. The molecule has 0 spiro atoms. The topological polar surface area (TPSA) is 64.3 Å². The zero-order chi connectivity index (χ0) is 14.5. The summed E-state index contributed by atoms with van der Waals surface area (Å²) in [5.41, 5.74) is 5.56. The number of benzene rings is 1. The number of hydrogen-bond donors (Lipinski definition) is 2. The number of anilines is 1. The van der Waals surface area contributed by atoms with Crippen LogP contribution >= 0.6 is 0 Å². The largest absolute Gasteiger partial charge is 0.444 e. The van der Waals surface area contributed by atoms with Gasteiger partial charge in [0.25, 0.3) is 0 Å². The summed E-state index contributed by atoms with van der Waals surface area (Å²) < 4.78 is 18.6. The van der Waals surface area contributed by atoms with Crippen molar-refractivity contribution in [3.8, 4) is 0 Å². The Morgan fingerprint density at radius 1 is 1.47 bits per heavy atom. The Morgan fingerprint density at radius 3 is 2.74 bits per heavy atom. The van der Waals surface area contributed by atoms with Gasteiger partial charge >= 0.3 is 6.09 Å². The number of hydrogen-bond acceptors (Lipinski definition) is 3. The molecule has 0 bridgehead atoms. The van der Waals surface area contributed by atoms with Crippen molar-refractivity contribution in [2.24, 2.45) is 5.73 Å². The molecule has 0 aliphatic carbocycles.